The molecule has 1 unspecified atom stereocenters. The molecular formula is C15H20O6. The lowest BCUT2D eigenvalue weighted by molar-refractivity contribution is -0.151. The summed E-state index contributed by atoms with van der Waals surface area (Å²) in [5.74, 6) is -1.33. The van der Waals surface area contributed by atoms with Gasteiger partial charge in [-0.2, -0.15) is 0 Å². The molecule has 0 heterocycles. The van der Waals surface area contributed by atoms with E-state index in [9.17, 15) is 14.7 Å². The number of carboxylic acid groups (broad SMARTS) is 1. The molecule has 0 amide bonds. The van der Waals surface area contributed by atoms with E-state index < -0.39 is 18.0 Å². The molecule has 1 rings (SSSR count). The Labute approximate surface area is 123 Å². The third-order valence-corrected chi connectivity index (χ3v) is 2.69. The van der Waals surface area contributed by atoms with Crippen molar-refractivity contribution >= 4 is 11.9 Å². The van der Waals surface area contributed by atoms with Crippen molar-refractivity contribution in [2.24, 2.45) is 0 Å². The minimum absolute atomic E-state index is 0.0479. The Morgan fingerprint density at radius 1 is 1.19 bits per heavy atom. The van der Waals surface area contributed by atoms with Crippen LogP contribution in [0.25, 0.3) is 0 Å². The molecule has 116 valence electrons. The number of ether oxygens (including phenoxy) is 3. The second-order valence-corrected chi connectivity index (χ2v) is 4.14. The molecule has 1 aromatic rings. The van der Waals surface area contributed by atoms with Crippen molar-refractivity contribution < 1.29 is 28.9 Å². The third-order valence-electron chi connectivity index (χ3n) is 2.69. The van der Waals surface area contributed by atoms with E-state index in [0.29, 0.717) is 18.8 Å². The van der Waals surface area contributed by atoms with Crippen molar-refractivity contribution in [3.8, 4) is 11.5 Å². The predicted molar refractivity (Wildman–Crippen MR) is 75.9 cm³/mol. The zero-order valence-electron chi connectivity index (χ0n) is 12.4. The Hall–Kier alpha value is -2.24. The summed E-state index contributed by atoms with van der Waals surface area (Å²) in [4.78, 5) is 23.1. The summed E-state index contributed by atoms with van der Waals surface area (Å²) >= 11 is 0. The van der Waals surface area contributed by atoms with Crippen LogP contribution in [0.2, 0.25) is 0 Å². The van der Waals surface area contributed by atoms with E-state index in [1.807, 2.05) is 0 Å². The van der Waals surface area contributed by atoms with Gasteiger partial charge < -0.3 is 19.3 Å². The van der Waals surface area contributed by atoms with E-state index in [1.165, 1.54) is 6.07 Å². The van der Waals surface area contributed by atoms with Gasteiger partial charge in [-0.05, 0) is 32.4 Å². The second-order valence-electron chi connectivity index (χ2n) is 4.14. The standard InChI is InChI=1S/C15H20O6/c1-4-11(15(18)20-6-3)21-13-10(14(16)17)8-7-9-12(13)19-5-2/h7-9,11H,4-6H2,1-3H3,(H,16,17). The highest BCUT2D eigenvalue weighted by Gasteiger charge is 2.25. The van der Waals surface area contributed by atoms with Crippen LogP contribution in [0, 0.1) is 0 Å². The molecule has 0 saturated carbocycles. The van der Waals surface area contributed by atoms with Gasteiger partial charge in [0.1, 0.15) is 5.56 Å². The van der Waals surface area contributed by atoms with Crippen LogP contribution in [0.4, 0.5) is 0 Å². The summed E-state index contributed by atoms with van der Waals surface area (Å²) in [5, 5.41) is 9.23. The smallest absolute Gasteiger partial charge is 0.347 e. The van der Waals surface area contributed by atoms with Crippen molar-refractivity contribution in [3.05, 3.63) is 23.8 Å². The summed E-state index contributed by atoms with van der Waals surface area (Å²) in [6.45, 7) is 5.82. The average molecular weight is 296 g/mol. The van der Waals surface area contributed by atoms with Gasteiger partial charge in [-0.3, -0.25) is 0 Å². The van der Waals surface area contributed by atoms with Crippen molar-refractivity contribution in [2.45, 2.75) is 33.3 Å². The normalized spacial score (nSPS) is 11.6. The van der Waals surface area contributed by atoms with Gasteiger partial charge in [-0.1, -0.05) is 13.0 Å². The maximum absolute atomic E-state index is 11.8. The Balaban J connectivity index is 3.13. The van der Waals surface area contributed by atoms with E-state index in [0.717, 1.165) is 0 Å². The molecule has 0 fully saturated rings. The van der Waals surface area contributed by atoms with Crippen LogP contribution in [0.1, 0.15) is 37.6 Å². The van der Waals surface area contributed by atoms with Gasteiger partial charge in [0.25, 0.3) is 0 Å². The zero-order chi connectivity index (χ0) is 15.8. The van der Waals surface area contributed by atoms with E-state index >= 15 is 0 Å². The minimum atomic E-state index is -1.15. The zero-order valence-corrected chi connectivity index (χ0v) is 12.4. The molecule has 0 aliphatic heterocycles. The number of hydrogen-bond donors (Lipinski definition) is 1. The lowest BCUT2D eigenvalue weighted by Gasteiger charge is -2.19. The first-order valence-corrected chi connectivity index (χ1v) is 6.87. The van der Waals surface area contributed by atoms with Crippen molar-refractivity contribution in [2.75, 3.05) is 13.2 Å². The van der Waals surface area contributed by atoms with E-state index in [4.69, 9.17) is 14.2 Å². The predicted octanol–water partition coefficient (Wildman–Crippen LogP) is 2.50. The van der Waals surface area contributed by atoms with Crippen LogP contribution in [-0.2, 0) is 9.53 Å². The number of carbonyl (C=O) groups is 2. The van der Waals surface area contributed by atoms with Gasteiger partial charge >= 0.3 is 11.9 Å². The lowest BCUT2D eigenvalue weighted by atomic mass is 10.1. The fraction of sp³-hybridized carbons (Fsp3) is 0.467. The highest BCUT2D eigenvalue weighted by atomic mass is 16.6. The third kappa shape index (κ3) is 4.37. The first-order valence-electron chi connectivity index (χ1n) is 6.87. The van der Waals surface area contributed by atoms with Crippen molar-refractivity contribution in [3.63, 3.8) is 0 Å². The van der Waals surface area contributed by atoms with Crippen LogP contribution < -0.4 is 9.47 Å². The maximum Gasteiger partial charge on any atom is 0.347 e. The summed E-state index contributed by atoms with van der Waals surface area (Å²) < 4.78 is 15.9. The molecule has 0 radical (unpaired) electrons. The number of carboxylic acids is 1. The largest absolute Gasteiger partial charge is 0.490 e. The van der Waals surface area contributed by atoms with Crippen molar-refractivity contribution in [1.29, 1.82) is 0 Å². The molecular weight excluding hydrogens is 276 g/mol. The molecule has 1 atom stereocenters. The molecule has 1 aromatic carbocycles. The monoisotopic (exact) mass is 296 g/mol. The highest BCUT2D eigenvalue weighted by molar-refractivity contribution is 5.92. The van der Waals surface area contributed by atoms with Gasteiger partial charge in [0.2, 0.25) is 0 Å². The molecule has 0 saturated heterocycles. The van der Waals surface area contributed by atoms with Gasteiger partial charge in [0, 0.05) is 0 Å². The fourth-order valence-corrected chi connectivity index (χ4v) is 1.75. The number of aromatic carboxylic acids is 1. The summed E-state index contributed by atoms with van der Waals surface area (Å²) in [5.41, 5.74) is -0.0521. The number of carbonyl (C=O) groups excluding carboxylic acids is 1. The van der Waals surface area contributed by atoms with Gasteiger partial charge in [-0.25, -0.2) is 9.59 Å². The fourth-order valence-electron chi connectivity index (χ4n) is 1.75. The first kappa shape index (κ1) is 16.8. The van der Waals surface area contributed by atoms with Crippen LogP contribution in [-0.4, -0.2) is 36.4 Å². The average Bonchev–Trinajstić information content (AvgIpc) is 2.45. The van der Waals surface area contributed by atoms with Crippen LogP contribution in [0.3, 0.4) is 0 Å². The molecule has 6 nitrogen and oxygen atoms in total. The molecule has 0 bridgehead atoms. The SMILES string of the molecule is CCOC(=O)C(CC)Oc1c(OCC)cccc1C(=O)O. The number of hydrogen-bond acceptors (Lipinski definition) is 5. The highest BCUT2D eigenvalue weighted by Crippen LogP contribution is 2.32. The maximum atomic E-state index is 11.8. The van der Waals surface area contributed by atoms with Crippen LogP contribution in [0.5, 0.6) is 11.5 Å². The first-order chi connectivity index (χ1) is 10.0. The number of esters is 1. The summed E-state index contributed by atoms with van der Waals surface area (Å²) in [7, 11) is 0. The molecule has 1 N–H and O–H groups in total. The Bertz CT molecular complexity index is 497. The van der Waals surface area contributed by atoms with E-state index in [2.05, 4.69) is 0 Å². The number of rotatable bonds is 8. The molecule has 0 aromatic heterocycles. The molecule has 0 spiro atoms. The second kappa shape index (κ2) is 8.14. The molecule has 6 heteroatoms. The molecule has 21 heavy (non-hydrogen) atoms. The lowest BCUT2D eigenvalue weighted by Crippen LogP contribution is -2.29. The Morgan fingerprint density at radius 2 is 1.90 bits per heavy atom. The van der Waals surface area contributed by atoms with Crippen LogP contribution in [0.15, 0.2) is 18.2 Å². The minimum Gasteiger partial charge on any atom is -0.490 e. The quantitative estimate of drug-likeness (QED) is 0.742. The Morgan fingerprint density at radius 3 is 2.43 bits per heavy atom. The Kier molecular flexibility index (Phi) is 6.52. The van der Waals surface area contributed by atoms with E-state index in [-0.39, 0.29) is 17.9 Å². The van der Waals surface area contributed by atoms with Gasteiger partial charge in [0.15, 0.2) is 17.6 Å². The topological polar surface area (TPSA) is 82.1 Å². The number of para-hydroxylation sites is 1. The molecule has 0 aliphatic rings. The van der Waals surface area contributed by atoms with E-state index in [1.54, 1.807) is 32.9 Å². The summed E-state index contributed by atoms with van der Waals surface area (Å²) in [6.07, 6.45) is -0.511. The summed E-state index contributed by atoms with van der Waals surface area (Å²) in [6, 6.07) is 4.56. The van der Waals surface area contributed by atoms with Crippen LogP contribution >= 0.6 is 0 Å². The van der Waals surface area contributed by atoms with Gasteiger partial charge in [-0.15, -0.1) is 0 Å². The number of benzene rings is 1. The van der Waals surface area contributed by atoms with Gasteiger partial charge in [0.05, 0.1) is 13.2 Å². The molecule has 0 aliphatic carbocycles. The van der Waals surface area contributed by atoms with Crippen molar-refractivity contribution in [1.82, 2.24) is 0 Å².